The van der Waals surface area contributed by atoms with E-state index in [4.69, 9.17) is 11.6 Å². The second-order valence-electron chi connectivity index (χ2n) is 3.45. The standard InChI is InChI=1S/C11H12BrClO/c1-7(2)8-3-4-10(12)9(5-8)11(14)6-13/h3-5,7H,6H2,1-2H3. The van der Waals surface area contributed by atoms with Crippen LogP contribution >= 0.6 is 27.5 Å². The number of ketones is 1. The van der Waals surface area contributed by atoms with Gasteiger partial charge in [0.05, 0.1) is 5.88 Å². The van der Waals surface area contributed by atoms with Crippen LogP contribution in [0.4, 0.5) is 0 Å². The molecule has 0 unspecified atom stereocenters. The van der Waals surface area contributed by atoms with E-state index in [1.165, 1.54) is 0 Å². The molecule has 1 rings (SSSR count). The molecule has 0 heterocycles. The first-order chi connectivity index (χ1) is 6.56. The van der Waals surface area contributed by atoms with Crippen molar-refractivity contribution in [3.05, 3.63) is 33.8 Å². The fourth-order valence-electron chi connectivity index (χ4n) is 1.19. The lowest BCUT2D eigenvalue weighted by Gasteiger charge is -2.08. The lowest BCUT2D eigenvalue weighted by molar-refractivity contribution is 0.102. The number of hydrogen-bond donors (Lipinski definition) is 0. The molecule has 14 heavy (non-hydrogen) atoms. The Hall–Kier alpha value is -0.340. The molecule has 1 nitrogen and oxygen atoms in total. The number of benzene rings is 1. The van der Waals surface area contributed by atoms with Crippen molar-refractivity contribution < 1.29 is 4.79 Å². The Kier molecular flexibility index (Phi) is 4.14. The monoisotopic (exact) mass is 274 g/mol. The average molecular weight is 276 g/mol. The molecular weight excluding hydrogens is 263 g/mol. The van der Waals surface area contributed by atoms with Gasteiger partial charge in [-0.15, -0.1) is 11.6 Å². The fraction of sp³-hybridized carbons (Fsp3) is 0.364. The summed E-state index contributed by atoms with van der Waals surface area (Å²) in [5.74, 6) is 0.408. The minimum atomic E-state index is -0.0407. The minimum absolute atomic E-state index is 0.0279. The van der Waals surface area contributed by atoms with Gasteiger partial charge >= 0.3 is 0 Å². The average Bonchev–Trinajstić information content (AvgIpc) is 2.17. The molecule has 0 spiro atoms. The van der Waals surface area contributed by atoms with Crippen LogP contribution in [0.15, 0.2) is 22.7 Å². The minimum Gasteiger partial charge on any atom is -0.293 e. The van der Waals surface area contributed by atoms with Crippen LogP contribution in [-0.4, -0.2) is 11.7 Å². The normalized spacial score (nSPS) is 10.6. The number of hydrogen-bond acceptors (Lipinski definition) is 1. The predicted octanol–water partition coefficient (Wildman–Crippen LogP) is 3.99. The third-order valence-corrected chi connectivity index (χ3v) is 3.01. The van der Waals surface area contributed by atoms with Gasteiger partial charge in [0, 0.05) is 10.0 Å². The Bertz CT molecular complexity index is 347. The van der Waals surface area contributed by atoms with Gasteiger partial charge in [-0.3, -0.25) is 4.79 Å². The summed E-state index contributed by atoms with van der Waals surface area (Å²) in [6, 6.07) is 5.81. The molecule has 0 saturated carbocycles. The number of carbonyl (C=O) groups is 1. The summed E-state index contributed by atoms with van der Waals surface area (Å²) in [5.41, 5.74) is 1.83. The van der Waals surface area contributed by atoms with E-state index in [1.807, 2.05) is 18.2 Å². The van der Waals surface area contributed by atoms with E-state index in [0.717, 1.165) is 10.0 Å². The van der Waals surface area contributed by atoms with Gasteiger partial charge in [0.1, 0.15) is 0 Å². The molecule has 0 saturated heterocycles. The third kappa shape index (κ3) is 2.58. The molecule has 0 amide bonds. The maximum absolute atomic E-state index is 11.4. The van der Waals surface area contributed by atoms with E-state index in [9.17, 15) is 4.79 Å². The molecule has 0 atom stereocenters. The highest BCUT2D eigenvalue weighted by atomic mass is 79.9. The number of carbonyl (C=O) groups excluding carboxylic acids is 1. The van der Waals surface area contributed by atoms with Gasteiger partial charge in [0.25, 0.3) is 0 Å². The van der Waals surface area contributed by atoms with Gasteiger partial charge < -0.3 is 0 Å². The lowest BCUT2D eigenvalue weighted by Crippen LogP contribution is -2.03. The molecule has 3 heteroatoms. The Labute approximate surface area is 97.6 Å². The molecule has 0 N–H and O–H groups in total. The van der Waals surface area contributed by atoms with Gasteiger partial charge in [0.15, 0.2) is 5.78 Å². The largest absolute Gasteiger partial charge is 0.293 e. The number of halogens is 2. The van der Waals surface area contributed by atoms with Crippen LogP contribution in [-0.2, 0) is 0 Å². The quantitative estimate of drug-likeness (QED) is 0.602. The van der Waals surface area contributed by atoms with Crippen LogP contribution in [0.25, 0.3) is 0 Å². The lowest BCUT2D eigenvalue weighted by atomic mass is 10.00. The molecule has 0 bridgehead atoms. The zero-order valence-electron chi connectivity index (χ0n) is 8.18. The Morgan fingerprint density at radius 1 is 1.50 bits per heavy atom. The van der Waals surface area contributed by atoms with Crippen LogP contribution in [0.2, 0.25) is 0 Å². The second-order valence-corrected chi connectivity index (χ2v) is 4.57. The molecule has 0 aromatic heterocycles. The van der Waals surface area contributed by atoms with Crippen molar-refractivity contribution in [2.75, 3.05) is 5.88 Å². The van der Waals surface area contributed by atoms with Crippen molar-refractivity contribution in [1.82, 2.24) is 0 Å². The first-order valence-corrected chi connectivity index (χ1v) is 5.77. The van der Waals surface area contributed by atoms with Gasteiger partial charge in [-0.25, -0.2) is 0 Å². The van der Waals surface area contributed by atoms with Crippen molar-refractivity contribution in [2.45, 2.75) is 19.8 Å². The summed E-state index contributed by atoms with van der Waals surface area (Å²) in [4.78, 5) is 11.4. The summed E-state index contributed by atoms with van der Waals surface area (Å²) in [5, 5.41) is 0. The smallest absolute Gasteiger partial charge is 0.178 e. The maximum atomic E-state index is 11.4. The van der Waals surface area contributed by atoms with Crippen LogP contribution in [0.1, 0.15) is 35.7 Å². The molecule has 0 aliphatic rings. The zero-order chi connectivity index (χ0) is 10.7. The van der Waals surface area contributed by atoms with E-state index in [2.05, 4.69) is 29.8 Å². The van der Waals surface area contributed by atoms with E-state index in [-0.39, 0.29) is 11.7 Å². The first kappa shape index (κ1) is 11.7. The molecule has 1 aromatic carbocycles. The highest BCUT2D eigenvalue weighted by molar-refractivity contribution is 9.10. The summed E-state index contributed by atoms with van der Waals surface area (Å²) >= 11 is 8.86. The molecule has 76 valence electrons. The van der Waals surface area contributed by atoms with Gasteiger partial charge in [-0.05, 0) is 23.6 Å². The first-order valence-electron chi connectivity index (χ1n) is 4.45. The van der Waals surface area contributed by atoms with Crippen LogP contribution in [0, 0.1) is 0 Å². The topological polar surface area (TPSA) is 17.1 Å². The SMILES string of the molecule is CC(C)c1ccc(Br)c(C(=O)CCl)c1. The second kappa shape index (κ2) is 4.94. The van der Waals surface area contributed by atoms with Crippen molar-refractivity contribution in [2.24, 2.45) is 0 Å². The predicted molar refractivity (Wildman–Crippen MR) is 63.3 cm³/mol. The van der Waals surface area contributed by atoms with Crippen molar-refractivity contribution >= 4 is 33.3 Å². The molecular formula is C11H12BrClO. The molecule has 0 radical (unpaired) electrons. The Morgan fingerprint density at radius 2 is 2.14 bits per heavy atom. The van der Waals surface area contributed by atoms with Crippen molar-refractivity contribution in [3.63, 3.8) is 0 Å². The van der Waals surface area contributed by atoms with E-state index >= 15 is 0 Å². The van der Waals surface area contributed by atoms with E-state index in [1.54, 1.807) is 0 Å². The number of alkyl halides is 1. The fourth-order valence-corrected chi connectivity index (χ4v) is 1.80. The van der Waals surface area contributed by atoms with E-state index < -0.39 is 0 Å². The van der Waals surface area contributed by atoms with Crippen LogP contribution in [0.5, 0.6) is 0 Å². The zero-order valence-corrected chi connectivity index (χ0v) is 10.5. The Balaban J connectivity index is 3.15. The third-order valence-electron chi connectivity index (χ3n) is 2.08. The Morgan fingerprint density at radius 3 is 2.64 bits per heavy atom. The van der Waals surface area contributed by atoms with Crippen LogP contribution in [0.3, 0.4) is 0 Å². The molecule has 0 aliphatic heterocycles. The summed E-state index contributed by atoms with van der Waals surface area (Å²) in [7, 11) is 0. The highest BCUT2D eigenvalue weighted by Gasteiger charge is 2.10. The maximum Gasteiger partial charge on any atom is 0.178 e. The number of rotatable bonds is 3. The highest BCUT2D eigenvalue weighted by Crippen LogP contribution is 2.23. The molecule has 0 aliphatic carbocycles. The molecule has 0 fully saturated rings. The summed E-state index contributed by atoms with van der Waals surface area (Å²) in [6.45, 7) is 4.19. The van der Waals surface area contributed by atoms with Crippen molar-refractivity contribution in [1.29, 1.82) is 0 Å². The molecule has 1 aromatic rings. The van der Waals surface area contributed by atoms with Crippen molar-refractivity contribution in [3.8, 4) is 0 Å². The van der Waals surface area contributed by atoms with Crippen LogP contribution < -0.4 is 0 Å². The van der Waals surface area contributed by atoms with E-state index in [0.29, 0.717) is 11.5 Å². The van der Waals surface area contributed by atoms with Gasteiger partial charge in [-0.2, -0.15) is 0 Å². The number of Topliss-reactive ketones (excluding diaryl/α,β-unsaturated/α-hetero) is 1. The summed E-state index contributed by atoms with van der Waals surface area (Å²) in [6.07, 6.45) is 0. The summed E-state index contributed by atoms with van der Waals surface area (Å²) < 4.78 is 0.813. The van der Waals surface area contributed by atoms with Gasteiger partial charge in [-0.1, -0.05) is 35.8 Å². The van der Waals surface area contributed by atoms with Gasteiger partial charge in [0.2, 0.25) is 0 Å².